The summed E-state index contributed by atoms with van der Waals surface area (Å²) in [6, 6.07) is 2.53. The average molecular weight is 208 g/mol. The number of hydrogen-bond donors (Lipinski definition) is 1. The van der Waals surface area contributed by atoms with Crippen LogP contribution in [0.1, 0.15) is 52.4 Å². The van der Waals surface area contributed by atoms with Crippen molar-refractivity contribution in [2.45, 2.75) is 58.4 Å². The molecule has 0 aliphatic heterocycles. The summed E-state index contributed by atoms with van der Waals surface area (Å²) in [5.41, 5.74) is 0. The molecule has 0 radical (unpaired) electrons. The van der Waals surface area contributed by atoms with E-state index in [0.29, 0.717) is 11.8 Å². The zero-order chi connectivity index (χ0) is 11.1. The second-order valence-electron chi connectivity index (χ2n) is 5.16. The van der Waals surface area contributed by atoms with Crippen molar-refractivity contribution < 1.29 is 0 Å². The van der Waals surface area contributed by atoms with Gasteiger partial charge < -0.3 is 5.32 Å². The van der Waals surface area contributed by atoms with Crippen LogP contribution in [0.15, 0.2) is 0 Å². The summed E-state index contributed by atoms with van der Waals surface area (Å²) in [5.74, 6) is 1.22. The molecule has 0 spiro atoms. The molecule has 0 heterocycles. The smallest absolute Gasteiger partial charge is 0.0981 e. The van der Waals surface area contributed by atoms with Crippen LogP contribution in [0.4, 0.5) is 0 Å². The SMILES string of the molecule is CC(C)CNC(C#N)C1CCCCCC1. The second-order valence-corrected chi connectivity index (χ2v) is 5.16. The van der Waals surface area contributed by atoms with Crippen molar-refractivity contribution in [1.82, 2.24) is 5.32 Å². The Bertz CT molecular complexity index is 197. The molecule has 0 saturated heterocycles. The molecular formula is C13H24N2. The lowest BCUT2D eigenvalue weighted by Crippen LogP contribution is -2.37. The Morgan fingerprint density at radius 3 is 2.27 bits per heavy atom. The van der Waals surface area contributed by atoms with E-state index < -0.39 is 0 Å². The minimum Gasteiger partial charge on any atom is -0.301 e. The van der Waals surface area contributed by atoms with Crippen molar-refractivity contribution in [2.24, 2.45) is 11.8 Å². The monoisotopic (exact) mass is 208 g/mol. The lowest BCUT2D eigenvalue weighted by atomic mass is 9.92. The van der Waals surface area contributed by atoms with Crippen LogP contribution in [0.2, 0.25) is 0 Å². The van der Waals surface area contributed by atoms with Crippen molar-refractivity contribution in [1.29, 1.82) is 5.26 Å². The molecule has 1 atom stereocenters. The number of nitrogens with one attached hydrogen (secondary N) is 1. The summed E-state index contributed by atoms with van der Waals surface area (Å²) < 4.78 is 0. The molecule has 2 heteroatoms. The second kappa shape index (κ2) is 6.85. The van der Waals surface area contributed by atoms with Gasteiger partial charge in [0.15, 0.2) is 0 Å². The largest absolute Gasteiger partial charge is 0.301 e. The highest BCUT2D eigenvalue weighted by molar-refractivity contribution is 4.95. The van der Waals surface area contributed by atoms with Gasteiger partial charge in [0, 0.05) is 0 Å². The molecule has 86 valence electrons. The highest BCUT2D eigenvalue weighted by Crippen LogP contribution is 2.25. The zero-order valence-electron chi connectivity index (χ0n) is 10.1. The molecule has 1 N–H and O–H groups in total. The number of nitrogens with zero attached hydrogens (tertiary/aromatic N) is 1. The van der Waals surface area contributed by atoms with Crippen LogP contribution in [0, 0.1) is 23.2 Å². The minimum atomic E-state index is 0.0884. The maximum atomic E-state index is 9.17. The maximum absolute atomic E-state index is 9.17. The zero-order valence-corrected chi connectivity index (χ0v) is 10.1. The fourth-order valence-corrected chi connectivity index (χ4v) is 2.32. The van der Waals surface area contributed by atoms with Crippen LogP contribution in [0.3, 0.4) is 0 Å². The molecule has 1 rings (SSSR count). The molecule has 15 heavy (non-hydrogen) atoms. The first-order valence-corrected chi connectivity index (χ1v) is 6.37. The van der Waals surface area contributed by atoms with Gasteiger partial charge in [-0.2, -0.15) is 5.26 Å². The summed E-state index contributed by atoms with van der Waals surface area (Å²) in [7, 11) is 0. The van der Waals surface area contributed by atoms with Crippen molar-refractivity contribution >= 4 is 0 Å². The highest BCUT2D eigenvalue weighted by Gasteiger charge is 2.21. The van der Waals surface area contributed by atoms with Gasteiger partial charge in [-0.1, -0.05) is 39.5 Å². The third kappa shape index (κ3) is 4.66. The third-order valence-corrected chi connectivity index (χ3v) is 3.26. The van der Waals surface area contributed by atoms with E-state index in [9.17, 15) is 5.26 Å². The van der Waals surface area contributed by atoms with Gasteiger partial charge in [-0.15, -0.1) is 0 Å². The standard InChI is InChI=1S/C13H24N2/c1-11(2)10-15-13(9-14)12-7-5-3-4-6-8-12/h11-13,15H,3-8,10H2,1-2H3. The summed E-state index contributed by atoms with van der Waals surface area (Å²) in [5, 5.41) is 12.6. The fraction of sp³-hybridized carbons (Fsp3) is 0.923. The number of hydrogen-bond acceptors (Lipinski definition) is 2. The van der Waals surface area contributed by atoms with E-state index in [1.165, 1.54) is 38.5 Å². The summed E-state index contributed by atoms with van der Waals surface area (Å²) in [6.07, 6.45) is 7.82. The minimum absolute atomic E-state index is 0.0884. The maximum Gasteiger partial charge on any atom is 0.0981 e. The van der Waals surface area contributed by atoms with Gasteiger partial charge in [0.2, 0.25) is 0 Å². The van der Waals surface area contributed by atoms with Crippen LogP contribution >= 0.6 is 0 Å². The van der Waals surface area contributed by atoms with Gasteiger partial charge in [-0.05, 0) is 31.2 Å². The van der Waals surface area contributed by atoms with Crippen molar-refractivity contribution in [3.63, 3.8) is 0 Å². The normalized spacial score (nSPS) is 20.9. The van der Waals surface area contributed by atoms with E-state index in [2.05, 4.69) is 25.2 Å². The van der Waals surface area contributed by atoms with Crippen molar-refractivity contribution in [3.05, 3.63) is 0 Å². The van der Waals surface area contributed by atoms with E-state index in [0.717, 1.165) is 6.54 Å². The molecule has 1 saturated carbocycles. The topological polar surface area (TPSA) is 35.8 Å². The summed E-state index contributed by atoms with van der Waals surface area (Å²) in [4.78, 5) is 0. The molecule has 1 fully saturated rings. The Hall–Kier alpha value is -0.550. The molecule has 0 bridgehead atoms. The van der Waals surface area contributed by atoms with Gasteiger partial charge in [0.1, 0.15) is 0 Å². The first kappa shape index (κ1) is 12.5. The van der Waals surface area contributed by atoms with E-state index in [4.69, 9.17) is 0 Å². The number of nitriles is 1. The van der Waals surface area contributed by atoms with E-state index in [-0.39, 0.29) is 6.04 Å². The predicted octanol–water partition coefficient (Wildman–Crippen LogP) is 3.09. The quantitative estimate of drug-likeness (QED) is 0.721. The first-order chi connectivity index (χ1) is 7.24. The Morgan fingerprint density at radius 2 is 1.80 bits per heavy atom. The highest BCUT2D eigenvalue weighted by atomic mass is 14.9. The molecule has 1 aliphatic rings. The molecule has 1 unspecified atom stereocenters. The van der Waals surface area contributed by atoms with Gasteiger partial charge in [0.25, 0.3) is 0 Å². The van der Waals surface area contributed by atoms with E-state index in [1.807, 2.05) is 0 Å². The Balaban J connectivity index is 2.38. The summed E-state index contributed by atoms with van der Waals surface area (Å²) in [6.45, 7) is 5.35. The van der Waals surface area contributed by atoms with Gasteiger partial charge >= 0.3 is 0 Å². The molecule has 0 amide bonds. The lowest BCUT2D eigenvalue weighted by Gasteiger charge is -2.22. The van der Waals surface area contributed by atoms with E-state index >= 15 is 0 Å². The molecular weight excluding hydrogens is 184 g/mol. The lowest BCUT2D eigenvalue weighted by molar-refractivity contribution is 0.357. The van der Waals surface area contributed by atoms with Crippen LogP contribution in [-0.4, -0.2) is 12.6 Å². The molecule has 2 nitrogen and oxygen atoms in total. The van der Waals surface area contributed by atoms with Gasteiger partial charge in [-0.25, -0.2) is 0 Å². The van der Waals surface area contributed by atoms with Crippen molar-refractivity contribution in [3.8, 4) is 6.07 Å². The van der Waals surface area contributed by atoms with Gasteiger partial charge in [0.05, 0.1) is 12.1 Å². The molecule has 0 aromatic carbocycles. The Morgan fingerprint density at radius 1 is 1.20 bits per heavy atom. The van der Waals surface area contributed by atoms with Crippen molar-refractivity contribution in [2.75, 3.05) is 6.54 Å². The third-order valence-electron chi connectivity index (χ3n) is 3.26. The molecule has 1 aliphatic carbocycles. The predicted molar refractivity (Wildman–Crippen MR) is 63.4 cm³/mol. The van der Waals surface area contributed by atoms with Crippen LogP contribution < -0.4 is 5.32 Å². The first-order valence-electron chi connectivity index (χ1n) is 6.37. The average Bonchev–Trinajstić information content (AvgIpc) is 2.47. The van der Waals surface area contributed by atoms with Crippen LogP contribution in [0.5, 0.6) is 0 Å². The molecule has 0 aromatic heterocycles. The van der Waals surface area contributed by atoms with Crippen LogP contribution in [0.25, 0.3) is 0 Å². The van der Waals surface area contributed by atoms with E-state index in [1.54, 1.807) is 0 Å². The summed E-state index contributed by atoms with van der Waals surface area (Å²) >= 11 is 0. The Labute approximate surface area is 94.1 Å². The molecule has 0 aromatic rings. The Kier molecular flexibility index (Phi) is 5.71. The fourth-order valence-electron chi connectivity index (χ4n) is 2.32. The van der Waals surface area contributed by atoms with Crippen LogP contribution in [-0.2, 0) is 0 Å². The van der Waals surface area contributed by atoms with Gasteiger partial charge in [-0.3, -0.25) is 0 Å². The number of rotatable bonds is 4.